The Hall–Kier alpha value is -2.31. The summed E-state index contributed by atoms with van der Waals surface area (Å²) in [4.78, 5) is 21.8. The number of hydrogen-bond donors (Lipinski definition) is 2. The lowest BCUT2D eigenvalue weighted by atomic mass is 10.2. The molecule has 0 aliphatic rings. The van der Waals surface area contributed by atoms with Gasteiger partial charge in [-0.2, -0.15) is 0 Å². The molecule has 1 aromatic rings. The molecule has 7 heteroatoms. The molecule has 0 aliphatic carbocycles. The monoisotopic (exact) mass is 285 g/mol. The zero-order valence-corrected chi connectivity index (χ0v) is 11.4. The predicted octanol–water partition coefficient (Wildman–Crippen LogP) is 2.64. The summed E-state index contributed by atoms with van der Waals surface area (Å²) in [5.41, 5.74) is -0.480. The highest BCUT2D eigenvalue weighted by Crippen LogP contribution is 2.21. The molecule has 0 radical (unpaired) electrons. The number of benzene rings is 1. The Morgan fingerprint density at radius 3 is 2.50 bits per heavy atom. The number of carboxylic acid groups (broad SMARTS) is 1. The van der Waals surface area contributed by atoms with E-state index in [0.717, 1.165) is 6.07 Å². The molecule has 20 heavy (non-hydrogen) atoms. The van der Waals surface area contributed by atoms with E-state index in [4.69, 9.17) is 14.6 Å². The van der Waals surface area contributed by atoms with E-state index in [1.165, 1.54) is 12.1 Å². The van der Waals surface area contributed by atoms with Crippen molar-refractivity contribution in [3.8, 4) is 5.75 Å². The molecule has 2 N–H and O–H groups in total. The zero-order chi connectivity index (χ0) is 15.3. The highest BCUT2D eigenvalue weighted by molar-refractivity contribution is 5.84. The third kappa shape index (κ3) is 5.55. The summed E-state index contributed by atoms with van der Waals surface area (Å²) in [6, 6.07) is 3.62. The first-order valence-corrected chi connectivity index (χ1v) is 5.81. The first-order chi connectivity index (χ1) is 9.17. The zero-order valence-electron chi connectivity index (χ0n) is 11.4. The lowest BCUT2D eigenvalue weighted by molar-refractivity contribution is -0.139. The minimum atomic E-state index is -1.21. The molecule has 0 saturated carbocycles. The Morgan fingerprint density at radius 2 is 2.00 bits per heavy atom. The van der Waals surface area contributed by atoms with E-state index in [0.29, 0.717) is 0 Å². The van der Waals surface area contributed by atoms with Gasteiger partial charge >= 0.3 is 12.1 Å². The van der Waals surface area contributed by atoms with Crippen LogP contribution in [0.3, 0.4) is 0 Å². The number of amides is 1. The van der Waals surface area contributed by atoms with Gasteiger partial charge in [-0.05, 0) is 32.9 Å². The van der Waals surface area contributed by atoms with Crippen molar-refractivity contribution in [3.63, 3.8) is 0 Å². The maximum absolute atomic E-state index is 13.6. The summed E-state index contributed by atoms with van der Waals surface area (Å²) in [5.74, 6) is -2.19. The van der Waals surface area contributed by atoms with Gasteiger partial charge < -0.3 is 14.6 Å². The molecule has 0 saturated heterocycles. The van der Waals surface area contributed by atoms with Gasteiger partial charge in [0.15, 0.2) is 18.2 Å². The molecule has 0 bridgehead atoms. The van der Waals surface area contributed by atoms with E-state index in [-0.39, 0.29) is 11.4 Å². The highest BCUT2D eigenvalue weighted by Gasteiger charge is 2.16. The molecule has 0 aromatic heterocycles. The van der Waals surface area contributed by atoms with Gasteiger partial charge in [0.25, 0.3) is 0 Å². The molecule has 0 fully saturated rings. The predicted molar refractivity (Wildman–Crippen MR) is 69.4 cm³/mol. The molecular weight excluding hydrogens is 269 g/mol. The second kappa shape index (κ2) is 6.23. The first kappa shape index (κ1) is 15.7. The third-order valence-electron chi connectivity index (χ3n) is 1.93. The van der Waals surface area contributed by atoms with Crippen LogP contribution in [-0.4, -0.2) is 29.4 Å². The van der Waals surface area contributed by atoms with E-state index in [1.54, 1.807) is 20.8 Å². The summed E-state index contributed by atoms with van der Waals surface area (Å²) in [6.45, 7) is 4.47. The number of carbonyl (C=O) groups is 2. The number of nitrogens with one attached hydrogen (secondary N) is 1. The normalized spacial score (nSPS) is 10.8. The summed E-state index contributed by atoms with van der Waals surface area (Å²) < 4.78 is 23.3. The minimum absolute atomic E-state index is 0.180. The molecule has 0 atom stereocenters. The largest absolute Gasteiger partial charge is 0.479 e. The van der Waals surface area contributed by atoms with Crippen molar-refractivity contribution in [2.24, 2.45) is 0 Å². The molecule has 1 amide bonds. The quantitative estimate of drug-likeness (QED) is 0.888. The van der Waals surface area contributed by atoms with E-state index in [2.05, 4.69) is 5.32 Å². The molecule has 0 aliphatic heterocycles. The van der Waals surface area contributed by atoms with Gasteiger partial charge in [0.2, 0.25) is 0 Å². The Morgan fingerprint density at radius 1 is 1.35 bits per heavy atom. The highest BCUT2D eigenvalue weighted by atomic mass is 19.1. The van der Waals surface area contributed by atoms with Gasteiger partial charge in [-0.3, -0.25) is 5.32 Å². The summed E-state index contributed by atoms with van der Waals surface area (Å²) in [5, 5.41) is 10.8. The number of anilines is 1. The van der Waals surface area contributed by atoms with Crippen molar-refractivity contribution in [3.05, 3.63) is 24.0 Å². The van der Waals surface area contributed by atoms with E-state index < -0.39 is 30.1 Å². The van der Waals surface area contributed by atoms with Gasteiger partial charge in [-0.1, -0.05) is 0 Å². The Labute approximate surface area is 115 Å². The second-order valence-corrected chi connectivity index (χ2v) is 4.95. The molecule has 1 aromatic carbocycles. The summed E-state index contributed by atoms with van der Waals surface area (Å²) in [7, 11) is 0. The van der Waals surface area contributed by atoms with Gasteiger partial charge in [0.05, 0.1) is 0 Å². The molecule has 0 spiro atoms. The third-order valence-corrected chi connectivity index (χ3v) is 1.93. The molecule has 0 heterocycles. The van der Waals surface area contributed by atoms with Gasteiger partial charge in [0, 0.05) is 11.8 Å². The number of hydrogen-bond acceptors (Lipinski definition) is 4. The van der Waals surface area contributed by atoms with Crippen molar-refractivity contribution in [1.29, 1.82) is 0 Å². The Bertz CT molecular complexity index is 510. The Balaban J connectivity index is 2.67. The minimum Gasteiger partial charge on any atom is -0.479 e. The van der Waals surface area contributed by atoms with Crippen LogP contribution < -0.4 is 10.1 Å². The maximum atomic E-state index is 13.6. The molecule has 110 valence electrons. The van der Waals surface area contributed by atoms with Crippen LogP contribution in [-0.2, 0) is 9.53 Å². The van der Waals surface area contributed by atoms with Crippen LogP contribution >= 0.6 is 0 Å². The van der Waals surface area contributed by atoms with Crippen LogP contribution in [0.4, 0.5) is 14.9 Å². The van der Waals surface area contributed by atoms with Crippen LogP contribution in [0.15, 0.2) is 18.2 Å². The van der Waals surface area contributed by atoms with Crippen LogP contribution in [0.2, 0.25) is 0 Å². The first-order valence-electron chi connectivity index (χ1n) is 5.81. The Kier molecular flexibility index (Phi) is 4.90. The van der Waals surface area contributed by atoms with Crippen molar-refractivity contribution >= 4 is 17.7 Å². The summed E-state index contributed by atoms with van der Waals surface area (Å²) >= 11 is 0. The van der Waals surface area contributed by atoms with Crippen LogP contribution in [0, 0.1) is 5.82 Å². The van der Waals surface area contributed by atoms with Crippen LogP contribution in [0.5, 0.6) is 5.75 Å². The van der Waals surface area contributed by atoms with Crippen molar-refractivity contribution in [2.45, 2.75) is 26.4 Å². The van der Waals surface area contributed by atoms with Gasteiger partial charge in [0.1, 0.15) is 5.60 Å². The number of rotatable bonds is 4. The SMILES string of the molecule is CC(C)(C)OC(=O)Nc1ccc(OCC(=O)O)c(F)c1. The van der Waals surface area contributed by atoms with Gasteiger partial charge in [-0.25, -0.2) is 14.0 Å². The van der Waals surface area contributed by atoms with E-state index >= 15 is 0 Å². The molecule has 6 nitrogen and oxygen atoms in total. The van der Waals surface area contributed by atoms with Crippen LogP contribution in [0.25, 0.3) is 0 Å². The fraction of sp³-hybridized carbons (Fsp3) is 0.385. The smallest absolute Gasteiger partial charge is 0.412 e. The molecule has 0 unspecified atom stereocenters. The number of carbonyl (C=O) groups excluding carboxylic acids is 1. The van der Waals surface area contributed by atoms with E-state index in [9.17, 15) is 14.0 Å². The van der Waals surface area contributed by atoms with Crippen molar-refractivity contribution in [2.75, 3.05) is 11.9 Å². The van der Waals surface area contributed by atoms with Crippen LogP contribution in [0.1, 0.15) is 20.8 Å². The second-order valence-electron chi connectivity index (χ2n) is 4.95. The lowest BCUT2D eigenvalue weighted by Gasteiger charge is -2.19. The fourth-order valence-electron chi connectivity index (χ4n) is 1.26. The van der Waals surface area contributed by atoms with E-state index in [1.807, 2.05) is 0 Å². The standard InChI is InChI=1S/C13H16FNO5/c1-13(2,3)20-12(18)15-8-4-5-10(9(14)6-8)19-7-11(16)17/h4-6H,7H2,1-3H3,(H,15,18)(H,16,17). The average Bonchev–Trinajstić information content (AvgIpc) is 2.24. The number of ether oxygens (including phenoxy) is 2. The fourth-order valence-corrected chi connectivity index (χ4v) is 1.26. The lowest BCUT2D eigenvalue weighted by Crippen LogP contribution is -2.27. The van der Waals surface area contributed by atoms with Crippen molar-refractivity contribution < 1.29 is 28.6 Å². The number of halogens is 1. The number of carboxylic acids is 1. The average molecular weight is 285 g/mol. The summed E-state index contributed by atoms with van der Waals surface area (Å²) in [6.07, 6.45) is -0.712. The molecule has 1 rings (SSSR count). The number of aliphatic carboxylic acids is 1. The maximum Gasteiger partial charge on any atom is 0.412 e. The molecular formula is C13H16FNO5. The van der Waals surface area contributed by atoms with Gasteiger partial charge in [-0.15, -0.1) is 0 Å². The topological polar surface area (TPSA) is 84.9 Å². The van der Waals surface area contributed by atoms with Crippen molar-refractivity contribution in [1.82, 2.24) is 0 Å².